The van der Waals surface area contributed by atoms with Gasteiger partial charge in [0.15, 0.2) is 0 Å². The van der Waals surface area contributed by atoms with Crippen molar-refractivity contribution in [2.24, 2.45) is 0 Å². The molecule has 1 aromatic heterocycles. The molecule has 0 amide bonds. The van der Waals surface area contributed by atoms with Gasteiger partial charge in [0, 0.05) is 0 Å². The highest BCUT2D eigenvalue weighted by Crippen LogP contribution is 2.34. The molecule has 0 aliphatic carbocycles. The van der Waals surface area contributed by atoms with Gasteiger partial charge in [-0.25, -0.2) is 4.98 Å². The largest absolute Gasteiger partial charge is 0.369 e. The summed E-state index contributed by atoms with van der Waals surface area (Å²) in [6.07, 6.45) is 0. The minimum atomic E-state index is 0.353. The van der Waals surface area contributed by atoms with Crippen molar-refractivity contribution < 1.29 is 0 Å². The Kier molecular flexibility index (Phi) is 3.28. The Bertz CT molecular complexity index is 824. The Labute approximate surface area is 130 Å². The van der Waals surface area contributed by atoms with Crippen LogP contribution in [0.3, 0.4) is 0 Å². The summed E-state index contributed by atoms with van der Waals surface area (Å²) >= 11 is 18.3. The maximum Gasteiger partial charge on any atom is 0.205 e. The third-order valence-corrected chi connectivity index (χ3v) is 4.09. The summed E-state index contributed by atoms with van der Waals surface area (Å²) in [5.74, 6) is 0.353. The molecule has 0 fully saturated rings. The van der Waals surface area contributed by atoms with Crippen molar-refractivity contribution in [2.75, 3.05) is 5.73 Å². The second-order valence-corrected chi connectivity index (χ2v) is 5.74. The first kappa shape index (κ1) is 13.6. The molecule has 3 aromatic rings. The van der Waals surface area contributed by atoms with Gasteiger partial charge in [-0.05, 0) is 36.8 Å². The molecule has 0 aliphatic heterocycles. The lowest BCUT2D eigenvalue weighted by atomic mass is 10.2. The van der Waals surface area contributed by atoms with Crippen LogP contribution in [0.25, 0.3) is 16.7 Å². The number of hydrogen-bond acceptors (Lipinski definition) is 2. The molecule has 3 rings (SSSR count). The molecule has 2 N–H and O–H groups in total. The monoisotopic (exact) mass is 325 g/mol. The van der Waals surface area contributed by atoms with Gasteiger partial charge in [0.05, 0.1) is 31.8 Å². The molecule has 0 radical (unpaired) electrons. The molecular weight excluding hydrogens is 317 g/mol. The van der Waals surface area contributed by atoms with E-state index in [0.29, 0.717) is 26.7 Å². The van der Waals surface area contributed by atoms with Crippen LogP contribution in [-0.4, -0.2) is 9.55 Å². The van der Waals surface area contributed by atoms with Crippen LogP contribution in [0.2, 0.25) is 15.1 Å². The van der Waals surface area contributed by atoms with Crippen LogP contribution in [0.15, 0.2) is 30.3 Å². The van der Waals surface area contributed by atoms with Crippen molar-refractivity contribution in [3.05, 3.63) is 51.0 Å². The summed E-state index contributed by atoms with van der Waals surface area (Å²) in [6, 6.07) is 9.19. The Hall–Kier alpha value is -1.42. The van der Waals surface area contributed by atoms with Gasteiger partial charge < -0.3 is 5.73 Å². The summed E-state index contributed by atoms with van der Waals surface area (Å²) in [5, 5.41) is 1.28. The molecule has 0 atom stereocenters. The van der Waals surface area contributed by atoms with Crippen molar-refractivity contribution in [2.45, 2.75) is 6.92 Å². The molecule has 0 unspecified atom stereocenters. The van der Waals surface area contributed by atoms with Crippen molar-refractivity contribution in [3.63, 3.8) is 0 Å². The highest BCUT2D eigenvalue weighted by Gasteiger charge is 2.14. The molecule has 0 aliphatic rings. The molecule has 102 valence electrons. The first-order valence-corrected chi connectivity index (χ1v) is 7.00. The summed E-state index contributed by atoms with van der Waals surface area (Å²) in [7, 11) is 0. The molecule has 0 spiro atoms. The maximum absolute atomic E-state index is 6.25. The van der Waals surface area contributed by atoms with Gasteiger partial charge in [0.1, 0.15) is 0 Å². The van der Waals surface area contributed by atoms with Gasteiger partial charge >= 0.3 is 0 Å². The van der Waals surface area contributed by atoms with Gasteiger partial charge in [0.2, 0.25) is 5.95 Å². The molecule has 0 saturated carbocycles. The van der Waals surface area contributed by atoms with E-state index < -0.39 is 0 Å². The van der Waals surface area contributed by atoms with Crippen molar-refractivity contribution in [1.82, 2.24) is 9.55 Å². The first-order valence-electron chi connectivity index (χ1n) is 5.87. The number of imidazole rings is 1. The van der Waals surface area contributed by atoms with E-state index in [2.05, 4.69) is 4.98 Å². The SMILES string of the molecule is Cc1ccc2c(c1)nc(N)n2-c1cc(Cl)c(Cl)cc1Cl. The lowest BCUT2D eigenvalue weighted by Crippen LogP contribution is -2.01. The minimum absolute atomic E-state index is 0.353. The lowest BCUT2D eigenvalue weighted by molar-refractivity contribution is 1.11. The third-order valence-electron chi connectivity index (χ3n) is 3.07. The van der Waals surface area contributed by atoms with E-state index in [4.69, 9.17) is 40.5 Å². The molecule has 3 nitrogen and oxygen atoms in total. The minimum Gasteiger partial charge on any atom is -0.369 e. The highest BCUT2D eigenvalue weighted by molar-refractivity contribution is 6.43. The topological polar surface area (TPSA) is 43.8 Å². The first-order chi connectivity index (χ1) is 9.47. The van der Waals surface area contributed by atoms with E-state index in [0.717, 1.165) is 16.6 Å². The van der Waals surface area contributed by atoms with Crippen LogP contribution in [0.4, 0.5) is 5.95 Å². The van der Waals surface area contributed by atoms with E-state index in [1.807, 2.05) is 25.1 Å². The number of halogens is 3. The normalized spacial score (nSPS) is 11.2. The average molecular weight is 327 g/mol. The lowest BCUT2D eigenvalue weighted by Gasteiger charge is -2.10. The number of aryl methyl sites for hydroxylation is 1. The molecule has 0 bridgehead atoms. The van der Waals surface area contributed by atoms with E-state index in [1.165, 1.54) is 0 Å². The van der Waals surface area contributed by atoms with Crippen LogP contribution < -0.4 is 5.73 Å². The zero-order chi connectivity index (χ0) is 14.4. The molecule has 6 heteroatoms. The zero-order valence-corrected chi connectivity index (χ0v) is 12.8. The Morgan fingerprint density at radius 1 is 1.00 bits per heavy atom. The average Bonchev–Trinajstić information content (AvgIpc) is 2.69. The van der Waals surface area contributed by atoms with E-state index in [-0.39, 0.29) is 0 Å². The fourth-order valence-corrected chi connectivity index (χ4v) is 2.77. The third kappa shape index (κ3) is 2.12. The molecule has 0 saturated heterocycles. The number of anilines is 1. The highest BCUT2D eigenvalue weighted by atomic mass is 35.5. The number of nitrogens with zero attached hydrogens (tertiary/aromatic N) is 2. The second kappa shape index (κ2) is 4.85. The van der Waals surface area contributed by atoms with Gasteiger partial charge in [-0.1, -0.05) is 40.9 Å². The van der Waals surface area contributed by atoms with Crippen molar-refractivity contribution in [3.8, 4) is 5.69 Å². The van der Waals surface area contributed by atoms with Gasteiger partial charge in [-0.3, -0.25) is 4.57 Å². The van der Waals surface area contributed by atoms with E-state index >= 15 is 0 Å². The predicted octanol–water partition coefficient (Wildman–Crippen LogP) is 4.88. The quantitative estimate of drug-likeness (QED) is 0.648. The van der Waals surface area contributed by atoms with Gasteiger partial charge in [-0.2, -0.15) is 0 Å². The van der Waals surface area contributed by atoms with Crippen molar-refractivity contribution >= 4 is 51.8 Å². The van der Waals surface area contributed by atoms with Crippen LogP contribution in [0.1, 0.15) is 5.56 Å². The summed E-state index contributed by atoms with van der Waals surface area (Å²) < 4.78 is 1.76. The van der Waals surface area contributed by atoms with E-state index in [9.17, 15) is 0 Å². The van der Waals surface area contributed by atoms with Crippen LogP contribution in [0.5, 0.6) is 0 Å². The standard InChI is InChI=1S/C14H10Cl3N3/c1-7-2-3-12-11(4-7)19-14(18)20(12)13-6-9(16)8(15)5-10(13)17/h2-6H,1H3,(H2,18,19). The summed E-state index contributed by atoms with van der Waals surface area (Å²) in [4.78, 5) is 4.35. The van der Waals surface area contributed by atoms with Crippen molar-refractivity contribution in [1.29, 1.82) is 0 Å². The van der Waals surface area contributed by atoms with Crippen LogP contribution in [-0.2, 0) is 0 Å². The summed E-state index contributed by atoms with van der Waals surface area (Å²) in [6.45, 7) is 2.00. The number of fused-ring (bicyclic) bond motifs is 1. The summed E-state index contributed by atoms with van der Waals surface area (Å²) in [5.41, 5.74) is 9.46. The maximum atomic E-state index is 6.25. The fraction of sp³-hybridized carbons (Fsp3) is 0.0714. The number of nitrogens with two attached hydrogens (primary N) is 1. The van der Waals surface area contributed by atoms with Gasteiger partial charge in [0.25, 0.3) is 0 Å². The Morgan fingerprint density at radius 2 is 1.70 bits per heavy atom. The smallest absolute Gasteiger partial charge is 0.205 e. The molecule has 1 heterocycles. The number of hydrogen-bond donors (Lipinski definition) is 1. The zero-order valence-electron chi connectivity index (χ0n) is 10.5. The number of aromatic nitrogens is 2. The predicted molar refractivity (Wildman–Crippen MR) is 85.2 cm³/mol. The Balaban J connectivity index is 2.35. The fourth-order valence-electron chi connectivity index (χ4n) is 2.15. The van der Waals surface area contributed by atoms with E-state index in [1.54, 1.807) is 16.7 Å². The number of rotatable bonds is 1. The number of nitrogen functional groups attached to an aromatic ring is 1. The van der Waals surface area contributed by atoms with Crippen LogP contribution >= 0.6 is 34.8 Å². The molecular formula is C14H10Cl3N3. The molecule has 20 heavy (non-hydrogen) atoms. The number of benzene rings is 2. The van der Waals surface area contributed by atoms with Gasteiger partial charge in [-0.15, -0.1) is 0 Å². The van der Waals surface area contributed by atoms with Crippen LogP contribution in [0, 0.1) is 6.92 Å². The Morgan fingerprint density at radius 3 is 2.45 bits per heavy atom. The molecule has 2 aromatic carbocycles. The second-order valence-electron chi connectivity index (χ2n) is 4.52.